The Morgan fingerprint density at radius 1 is 1.08 bits per heavy atom. The maximum atomic E-state index is 5.88. The Labute approximate surface area is 83.1 Å². The molecule has 0 amide bonds. The SMILES string of the molecule is CC(C)(C)CCC1CCC(N)CC1. The van der Waals surface area contributed by atoms with Crippen LogP contribution in [0.2, 0.25) is 0 Å². The minimum Gasteiger partial charge on any atom is -0.328 e. The Hall–Kier alpha value is -0.0400. The minimum absolute atomic E-state index is 0.505. The van der Waals surface area contributed by atoms with Gasteiger partial charge in [0.2, 0.25) is 0 Å². The molecule has 1 aliphatic carbocycles. The van der Waals surface area contributed by atoms with Gasteiger partial charge in [-0.15, -0.1) is 0 Å². The van der Waals surface area contributed by atoms with Crippen LogP contribution in [0.5, 0.6) is 0 Å². The van der Waals surface area contributed by atoms with Crippen molar-refractivity contribution in [3.8, 4) is 0 Å². The first kappa shape index (κ1) is 11.0. The van der Waals surface area contributed by atoms with E-state index in [9.17, 15) is 0 Å². The Morgan fingerprint density at radius 2 is 1.62 bits per heavy atom. The molecule has 0 heterocycles. The van der Waals surface area contributed by atoms with E-state index in [1.54, 1.807) is 0 Å². The highest BCUT2D eigenvalue weighted by atomic mass is 14.6. The molecule has 2 N–H and O–H groups in total. The quantitative estimate of drug-likeness (QED) is 0.698. The van der Waals surface area contributed by atoms with Gasteiger partial charge in [-0.3, -0.25) is 0 Å². The summed E-state index contributed by atoms with van der Waals surface area (Å²) in [5, 5.41) is 0. The predicted octanol–water partition coefficient (Wildman–Crippen LogP) is 3.33. The van der Waals surface area contributed by atoms with Gasteiger partial charge in [-0.1, -0.05) is 20.8 Å². The molecule has 0 aromatic carbocycles. The molecule has 0 aliphatic heterocycles. The van der Waals surface area contributed by atoms with E-state index in [-0.39, 0.29) is 0 Å². The molecule has 1 saturated carbocycles. The molecule has 1 rings (SSSR count). The molecular weight excluding hydrogens is 158 g/mol. The first-order valence-corrected chi connectivity index (χ1v) is 5.73. The Balaban J connectivity index is 2.16. The van der Waals surface area contributed by atoms with Crippen molar-refractivity contribution in [2.24, 2.45) is 17.1 Å². The van der Waals surface area contributed by atoms with E-state index >= 15 is 0 Å². The average Bonchev–Trinajstić information content (AvgIpc) is 2.02. The van der Waals surface area contributed by atoms with E-state index in [1.165, 1.54) is 38.5 Å². The third-order valence-corrected chi connectivity index (χ3v) is 3.19. The van der Waals surface area contributed by atoms with Crippen molar-refractivity contribution in [2.75, 3.05) is 0 Å². The fourth-order valence-corrected chi connectivity index (χ4v) is 2.11. The molecule has 0 bridgehead atoms. The minimum atomic E-state index is 0.505. The topological polar surface area (TPSA) is 26.0 Å². The molecule has 0 atom stereocenters. The fraction of sp³-hybridized carbons (Fsp3) is 1.00. The molecule has 1 nitrogen and oxygen atoms in total. The van der Waals surface area contributed by atoms with Crippen LogP contribution < -0.4 is 5.73 Å². The van der Waals surface area contributed by atoms with Gasteiger partial charge in [0.15, 0.2) is 0 Å². The maximum Gasteiger partial charge on any atom is 0.00390 e. The Morgan fingerprint density at radius 3 is 2.08 bits per heavy atom. The van der Waals surface area contributed by atoms with Crippen LogP contribution in [0.4, 0.5) is 0 Å². The van der Waals surface area contributed by atoms with Gasteiger partial charge in [-0.05, 0) is 49.9 Å². The van der Waals surface area contributed by atoms with Crippen LogP contribution in [0, 0.1) is 11.3 Å². The van der Waals surface area contributed by atoms with Crippen molar-refractivity contribution in [1.82, 2.24) is 0 Å². The van der Waals surface area contributed by atoms with Crippen molar-refractivity contribution in [3.63, 3.8) is 0 Å². The zero-order chi connectivity index (χ0) is 9.90. The Kier molecular flexibility index (Phi) is 3.78. The first-order valence-electron chi connectivity index (χ1n) is 5.73. The van der Waals surface area contributed by atoms with Crippen molar-refractivity contribution in [3.05, 3.63) is 0 Å². The van der Waals surface area contributed by atoms with Gasteiger partial charge in [0.25, 0.3) is 0 Å². The molecule has 0 aromatic rings. The standard InChI is InChI=1S/C12H25N/c1-12(2,3)9-8-10-4-6-11(13)7-5-10/h10-11H,4-9,13H2,1-3H3. The van der Waals surface area contributed by atoms with Crippen molar-refractivity contribution in [1.29, 1.82) is 0 Å². The summed E-state index contributed by atoms with van der Waals surface area (Å²) in [7, 11) is 0. The lowest BCUT2D eigenvalue weighted by atomic mass is 9.79. The molecule has 1 fully saturated rings. The number of nitrogens with two attached hydrogens (primary N) is 1. The van der Waals surface area contributed by atoms with E-state index in [0.717, 1.165) is 5.92 Å². The van der Waals surface area contributed by atoms with E-state index < -0.39 is 0 Å². The monoisotopic (exact) mass is 183 g/mol. The highest BCUT2D eigenvalue weighted by Crippen LogP contribution is 2.31. The summed E-state index contributed by atoms with van der Waals surface area (Å²) in [6.07, 6.45) is 8.04. The lowest BCUT2D eigenvalue weighted by Crippen LogP contribution is -2.26. The molecular formula is C12H25N. The van der Waals surface area contributed by atoms with Crippen molar-refractivity contribution in [2.45, 2.75) is 65.3 Å². The van der Waals surface area contributed by atoms with Crippen LogP contribution in [0.3, 0.4) is 0 Å². The Bertz CT molecular complexity index is 138. The smallest absolute Gasteiger partial charge is 0.00390 e. The van der Waals surface area contributed by atoms with Crippen LogP contribution in [0.1, 0.15) is 59.3 Å². The van der Waals surface area contributed by atoms with Gasteiger partial charge in [0.1, 0.15) is 0 Å². The summed E-state index contributed by atoms with van der Waals surface area (Å²) in [5.74, 6) is 0.971. The summed E-state index contributed by atoms with van der Waals surface area (Å²) in [4.78, 5) is 0. The van der Waals surface area contributed by atoms with E-state index in [0.29, 0.717) is 11.5 Å². The lowest BCUT2D eigenvalue weighted by molar-refractivity contribution is 0.261. The van der Waals surface area contributed by atoms with Gasteiger partial charge >= 0.3 is 0 Å². The van der Waals surface area contributed by atoms with E-state index in [1.807, 2.05) is 0 Å². The summed E-state index contributed by atoms with van der Waals surface area (Å²) in [6, 6.07) is 0.505. The van der Waals surface area contributed by atoms with Gasteiger partial charge in [-0.25, -0.2) is 0 Å². The zero-order valence-electron chi connectivity index (χ0n) is 9.47. The van der Waals surface area contributed by atoms with Gasteiger partial charge in [-0.2, -0.15) is 0 Å². The lowest BCUT2D eigenvalue weighted by Gasteiger charge is -2.28. The van der Waals surface area contributed by atoms with Crippen LogP contribution in [0.15, 0.2) is 0 Å². The molecule has 0 saturated heterocycles. The normalized spacial score (nSPS) is 30.5. The van der Waals surface area contributed by atoms with Crippen LogP contribution >= 0.6 is 0 Å². The molecule has 0 unspecified atom stereocenters. The van der Waals surface area contributed by atoms with Crippen LogP contribution in [-0.4, -0.2) is 6.04 Å². The van der Waals surface area contributed by atoms with Crippen molar-refractivity contribution >= 4 is 0 Å². The van der Waals surface area contributed by atoms with Gasteiger partial charge in [0, 0.05) is 6.04 Å². The van der Waals surface area contributed by atoms with E-state index in [2.05, 4.69) is 20.8 Å². The molecule has 78 valence electrons. The first-order chi connectivity index (χ1) is 5.97. The fourth-order valence-electron chi connectivity index (χ4n) is 2.11. The third kappa shape index (κ3) is 4.66. The summed E-state index contributed by atoms with van der Waals surface area (Å²) in [5.41, 5.74) is 6.39. The zero-order valence-corrected chi connectivity index (χ0v) is 9.47. The number of hydrogen-bond acceptors (Lipinski definition) is 1. The molecule has 0 radical (unpaired) electrons. The van der Waals surface area contributed by atoms with Crippen molar-refractivity contribution < 1.29 is 0 Å². The summed E-state index contributed by atoms with van der Waals surface area (Å²) in [6.45, 7) is 7.00. The van der Waals surface area contributed by atoms with Crippen LogP contribution in [0.25, 0.3) is 0 Å². The van der Waals surface area contributed by atoms with Crippen LogP contribution in [-0.2, 0) is 0 Å². The molecule has 1 aliphatic rings. The summed E-state index contributed by atoms with van der Waals surface area (Å²) >= 11 is 0. The number of hydrogen-bond donors (Lipinski definition) is 1. The second-order valence-electron chi connectivity index (χ2n) is 5.88. The summed E-state index contributed by atoms with van der Waals surface area (Å²) < 4.78 is 0. The largest absolute Gasteiger partial charge is 0.328 e. The molecule has 13 heavy (non-hydrogen) atoms. The number of rotatable bonds is 2. The highest BCUT2D eigenvalue weighted by Gasteiger charge is 2.20. The molecule has 1 heteroatoms. The second-order valence-corrected chi connectivity index (χ2v) is 5.88. The average molecular weight is 183 g/mol. The predicted molar refractivity (Wildman–Crippen MR) is 58.6 cm³/mol. The highest BCUT2D eigenvalue weighted by molar-refractivity contribution is 4.75. The molecule has 0 spiro atoms. The second kappa shape index (κ2) is 4.45. The van der Waals surface area contributed by atoms with E-state index in [4.69, 9.17) is 5.73 Å². The van der Waals surface area contributed by atoms with Gasteiger partial charge in [0.05, 0.1) is 0 Å². The maximum absolute atomic E-state index is 5.88. The van der Waals surface area contributed by atoms with Gasteiger partial charge < -0.3 is 5.73 Å². The third-order valence-electron chi connectivity index (χ3n) is 3.19. The molecule has 0 aromatic heterocycles.